The Balaban J connectivity index is 1.89. The molecule has 1 fully saturated rings. The first-order valence-electron chi connectivity index (χ1n) is 13.4. The van der Waals surface area contributed by atoms with Gasteiger partial charge in [0.05, 0.1) is 23.5 Å². The van der Waals surface area contributed by atoms with Crippen molar-refractivity contribution in [2.75, 3.05) is 31.3 Å². The van der Waals surface area contributed by atoms with Crippen molar-refractivity contribution in [3.63, 3.8) is 0 Å². The van der Waals surface area contributed by atoms with Crippen LogP contribution in [0.1, 0.15) is 50.3 Å². The van der Waals surface area contributed by atoms with Crippen LogP contribution in [0.5, 0.6) is 5.75 Å². The number of hydrogen-bond donors (Lipinski definition) is 2. The molecule has 1 saturated heterocycles. The molecule has 0 aromatic heterocycles. The van der Waals surface area contributed by atoms with Crippen LogP contribution in [0.15, 0.2) is 42.5 Å². The van der Waals surface area contributed by atoms with E-state index in [1.54, 1.807) is 39.0 Å². The van der Waals surface area contributed by atoms with Crippen molar-refractivity contribution in [2.45, 2.75) is 57.4 Å². The number of nitriles is 1. The zero-order valence-corrected chi connectivity index (χ0v) is 25.0. The number of piperidine rings is 1. The fraction of sp³-hybridized carbons (Fsp3) is 0.483. The number of esters is 1. The number of nitrogens with one attached hydrogen (secondary N) is 1. The molecule has 43 heavy (non-hydrogen) atoms. The summed E-state index contributed by atoms with van der Waals surface area (Å²) in [4.78, 5) is 25.7. The molecule has 1 unspecified atom stereocenters. The summed E-state index contributed by atoms with van der Waals surface area (Å²) >= 11 is 0. The minimum absolute atomic E-state index is 0.0349. The lowest BCUT2D eigenvalue weighted by Gasteiger charge is -2.40. The SMILES string of the molecule is CC(C)(C)OC(=O)COc1cccc(CC(O)(C(=O)Nc2ccc(C#N)c(C(F)(F)F)c2)C2CCN(S(C)(=O)=O)CC2)c1. The van der Waals surface area contributed by atoms with E-state index in [0.717, 1.165) is 18.4 Å². The molecule has 234 valence electrons. The van der Waals surface area contributed by atoms with E-state index in [9.17, 15) is 36.3 Å². The van der Waals surface area contributed by atoms with Crippen molar-refractivity contribution in [3.8, 4) is 11.8 Å². The standard InChI is InChI=1S/C29H34F3N3O7S/c1-27(2,3)42-25(36)18-41-23-7-5-6-19(14-23)16-28(38,21-10-12-35(13-11-21)43(4,39)40)26(37)34-22-9-8-20(17-33)24(15-22)29(30,31)32/h5-9,14-15,21,38H,10-13,16,18H2,1-4H3,(H,34,37). The van der Waals surface area contributed by atoms with Crippen LogP contribution in [0.2, 0.25) is 0 Å². The highest BCUT2D eigenvalue weighted by Crippen LogP contribution is 2.36. The first-order valence-corrected chi connectivity index (χ1v) is 15.2. The van der Waals surface area contributed by atoms with Crippen molar-refractivity contribution < 1.29 is 45.8 Å². The Morgan fingerprint density at radius 1 is 1.12 bits per heavy atom. The number of benzene rings is 2. The fourth-order valence-electron chi connectivity index (χ4n) is 4.84. The van der Waals surface area contributed by atoms with Gasteiger partial charge >= 0.3 is 12.1 Å². The number of anilines is 1. The van der Waals surface area contributed by atoms with E-state index in [2.05, 4.69) is 5.32 Å². The van der Waals surface area contributed by atoms with Gasteiger partial charge in [-0.15, -0.1) is 0 Å². The predicted octanol–water partition coefficient (Wildman–Crippen LogP) is 3.88. The third kappa shape index (κ3) is 9.16. The molecule has 2 aromatic rings. The Bertz CT molecular complexity index is 1490. The average molecular weight is 626 g/mol. The number of hydrogen-bond acceptors (Lipinski definition) is 8. The highest BCUT2D eigenvalue weighted by atomic mass is 32.2. The molecule has 1 aliphatic rings. The number of carbonyl (C=O) groups excluding carboxylic acids is 2. The summed E-state index contributed by atoms with van der Waals surface area (Å²) in [6.07, 6.45) is -3.90. The van der Waals surface area contributed by atoms with E-state index in [-0.39, 0.29) is 43.8 Å². The third-order valence-corrected chi connectivity index (χ3v) is 8.15. The Morgan fingerprint density at radius 2 is 1.77 bits per heavy atom. The van der Waals surface area contributed by atoms with Gasteiger partial charge in [-0.05, 0) is 75.4 Å². The predicted molar refractivity (Wildman–Crippen MR) is 150 cm³/mol. The molecule has 1 atom stereocenters. The Hall–Kier alpha value is -3.67. The first kappa shape index (κ1) is 33.8. The molecular formula is C29H34F3N3O7S. The Labute approximate surface area is 248 Å². The topological polar surface area (TPSA) is 146 Å². The molecule has 3 rings (SSSR count). The Morgan fingerprint density at radius 3 is 2.33 bits per heavy atom. The van der Waals surface area contributed by atoms with E-state index in [0.29, 0.717) is 11.6 Å². The summed E-state index contributed by atoms with van der Waals surface area (Å²) < 4.78 is 76.6. The second-order valence-corrected chi connectivity index (χ2v) is 13.4. The number of ether oxygens (including phenoxy) is 2. The minimum Gasteiger partial charge on any atom is -0.482 e. The van der Waals surface area contributed by atoms with Gasteiger partial charge in [0, 0.05) is 25.2 Å². The molecule has 1 aliphatic heterocycles. The van der Waals surface area contributed by atoms with Crippen LogP contribution in [-0.2, 0) is 36.9 Å². The van der Waals surface area contributed by atoms with Crippen LogP contribution in [0, 0.1) is 17.2 Å². The van der Waals surface area contributed by atoms with Crippen molar-refractivity contribution in [3.05, 3.63) is 59.2 Å². The number of aliphatic hydroxyl groups is 1. The molecular weight excluding hydrogens is 591 g/mol. The lowest BCUT2D eigenvalue weighted by Crippen LogP contribution is -2.54. The van der Waals surface area contributed by atoms with Crippen LogP contribution in [0.3, 0.4) is 0 Å². The molecule has 0 radical (unpaired) electrons. The highest BCUT2D eigenvalue weighted by Gasteiger charge is 2.46. The number of halogens is 3. The van der Waals surface area contributed by atoms with Gasteiger partial charge in [0.1, 0.15) is 17.0 Å². The molecule has 0 spiro atoms. The first-order chi connectivity index (χ1) is 19.8. The van der Waals surface area contributed by atoms with E-state index < -0.39 is 62.9 Å². The summed E-state index contributed by atoms with van der Waals surface area (Å²) in [6.45, 7) is 4.80. The molecule has 14 heteroatoms. The second kappa shape index (κ2) is 12.9. The molecule has 2 N–H and O–H groups in total. The lowest BCUT2D eigenvalue weighted by atomic mass is 9.76. The minimum atomic E-state index is -4.86. The van der Waals surface area contributed by atoms with Crippen LogP contribution >= 0.6 is 0 Å². The smallest absolute Gasteiger partial charge is 0.417 e. The molecule has 0 saturated carbocycles. The molecule has 0 bridgehead atoms. The maximum atomic E-state index is 13.6. The fourth-order valence-corrected chi connectivity index (χ4v) is 5.71. The van der Waals surface area contributed by atoms with Gasteiger partial charge in [-0.25, -0.2) is 17.5 Å². The van der Waals surface area contributed by atoms with Gasteiger partial charge in [0.15, 0.2) is 6.61 Å². The second-order valence-electron chi connectivity index (χ2n) is 11.4. The molecule has 0 aliphatic carbocycles. The van der Waals surface area contributed by atoms with Gasteiger partial charge in [0.25, 0.3) is 5.91 Å². The van der Waals surface area contributed by atoms with E-state index in [4.69, 9.17) is 14.7 Å². The van der Waals surface area contributed by atoms with Crippen LogP contribution < -0.4 is 10.1 Å². The summed E-state index contributed by atoms with van der Waals surface area (Å²) in [5, 5.41) is 23.3. The zero-order valence-electron chi connectivity index (χ0n) is 24.2. The lowest BCUT2D eigenvalue weighted by molar-refractivity contribution is -0.157. The van der Waals surface area contributed by atoms with Gasteiger partial charge in [-0.2, -0.15) is 18.4 Å². The van der Waals surface area contributed by atoms with E-state index in [1.165, 1.54) is 16.4 Å². The van der Waals surface area contributed by atoms with Crippen molar-refractivity contribution in [1.29, 1.82) is 5.26 Å². The number of sulfonamides is 1. The maximum Gasteiger partial charge on any atom is 0.417 e. The third-order valence-electron chi connectivity index (χ3n) is 6.84. The molecule has 10 nitrogen and oxygen atoms in total. The van der Waals surface area contributed by atoms with Gasteiger partial charge in [-0.1, -0.05) is 12.1 Å². The summed E-state index contributed by atoms with van der Waals surface area (Å²) in [6, 6.07) is 10.4. The Kier molecular flexibility index (Phi) is 10.2. The van der Waals surface area contributed by atoms with E-state index >= 15 is 0 Å². The van der Waals surface area contributed by atoms with Gasteiger partial charge in [0.2, 0.25) is 10.0 Å². The van der Waals surface area contributed by atoms with Crippen LogP contribution in [0.25, 0.3) is 0 Å². The number of carbonyl (C=O) groups is 2. The largest absolute Gasteiger partial charge is 0.482 e. The van der Waals surface area contributed by atoms with Gasteiger partial charge < -0.3 is 19.9 Å². The van der Waals surface area contributed by atoms with Crippen molar-refractivity contribution in [2.24, 2.45) is 5.92 Å². The number of amides is 1. The van der Waals surface area contributed by atoms with E-state index in [1.807, 2.05) is 0 Å². The molecule has 1 amide bonds. The summed E-state index contributed by atoms with van der Waals surface area (Å²) in [7, 11) is -3.51. The zero-order chi connectivity index (χ0) is 32.2. The monoisotopic (exact) mass is 625 g/mol. The average Bonchev–Trinajstić information content (AvgIpc) is 2.90. The van der Waals surface area contributed by atoms with Crippen LogP contribution in [0.4, 0.5) is 18.9 Å². The number of nitrogens with zero attached hydrogens (tertiary/aromatic N) is 2. The molecule has 1 heterocycles. The maximum absolute atomic E-state index is 13.6. The normalized spacial score (nSPS) is 16.5. The highest BCUT2D eigenvalue weighted by molar-refractivity contribution is 7.88. The van der Waals surface area contributed by atoms with Crippen molar-refractivity contribution in [1.82, 2.24) is 4.31 Å². The van der Waals surface area contributed by atoms with Crippen molar-refractivity contribution >= 4 is 27.6 Å². The molecule has 2 aromatic carbocycles. The quantitative estimate of drug-likeness (QED) is 0.400. The van der Waals surface area contributed by atoms with Gasteiger partial charge in [-0.3, -0.25) is 4.79 Å². The number of alkyl halides is 3. The summed E-state index contributed by atoms with van der Waals surface area (Å²) in [5.41, 5.74) is -4.63. The van der Waals surface area contributed by atoms with Crippen LogP contribution in [-0.4, -0.2) is 66.9 Å². The summed E-state index contributed by atoms with van der Waals surface area (Å²) in [5.74, 6) is -2.12. The number of rotatable bonds is 9.